The summed E-state index contributed by atoms with van der Waals surface area (Å²) in [6, 6.07) is 0. The van der Waals surface area contributed by atoms with Crippen molar-refractivity contribution in [2.24, 2.45) is 5.92 Å². The van der Waals surface area contributed by atoms with E-state index in [4.69, 9.17) is 0 Å². The minimum absolute atomic E-state index is 0.649. The van der Waals surface area contributed by atoms with E-state index in [1.807, 2.05) is 19.3 Å². The highest BCUT2D eigenvalue weighted by Crippen LogP contribution is 2.26. The first kappa shape index (κ1) is 14.4. The van der Waals surface area contributed by atoms with Crippen LogP contribution >= 0.6 is 23.1 Å². The number of aryl methyl sites for hydroxylation is 1. The van der Waals surface area contributed by atoms with E-state index in [0.717, 1.165) is 28.0 Å². The van der Waals surface area contributed by atoms with Crippen LogP contribution in [0.1, 0.15) is 24.4 Å². The maximum Gasteiger partial charge on any atom is 0.194 e. The van der Waals surface area contributed by atoms with Gasteiger partial charge in [0.25, 0.3) is 0 Å². The molecule has 2 rings (SSSR count). The van der Waals surface area contributed by atoms with Crippen molar-refractivity contribution in [3.05, 3.63) is 23.0 Å². The standard InChI is InChI=1S/C12H17N5S2/c1-8(2)4-13-5-10-6-14-11(15-7-10)19-12-17-16-9(3)18-12/h6-8,13H,4-5H2,1-3H3. The van der Waals surface area contributed by atoms with Crippen molar-refractivity contribution in [3.8, 4) is 0 Å². The molecule has 0 atom stereocenters. The van der Waals surface area contributed by atoms with Crippen molar-refractivity contribution in [1.29, 1.82) is 0 Å². The van der Waals surface area contributed by atoms with Crippen LogP contribution in [0.4, 0.5) is 0 Å². The van der Waals surface area contributed by atoms with Crippen LogP contribution in [-0.2, 0) is 6.54 Å². The zero-order chi connectivity index (χ0) is 13.7. The average molecular weight is 295 g/mol. The molecule has 0 unspecified atom stereocenters. The Hall–Kier alpha value is -1.05. The Kier molecular flexibility index (Phi) is 5.24. The van der Waals surface area contributed by atoms with Gasteiger partial charge in [0, 0.05) is 24.5 Å². The molecule has 2 aromatic rings. The molecular formula is C12H17N5S2. The molecule has 0 amide bonds. The second-order valence-electron chi connectivity index (χ2n) is 4.59. The average Bonchev–Trinajstić information content (AvgIpc) is 2.77. The first-order valence-corrected chi connectivity index (χ1v) is 7.76. The molecule has 2 heterocycles. The monoisotopic (exact) mass is 295 g/mol. The Morgan fingerprint density at radius 3 is 2.58 bits per heavy atom. The van der Waals surface area contributed by atoms with Crippen molar-refractivity contribution >= 4 is 23.1 Å². The summed E-state index contributed by atoms with van der Waals surface area (Å²) >= 11 is 3.00. The van der Waals surface area contributed by atoms with Gasteiger partial charge in [0.1, 0.15) is 5.01 Å². The zero-order valence-corrected chi connectivity index (χ0v) is 12.9. The fourth-order valence-corrected chi connectivity index (χ4v) is 3.01. The molecule has 5 nitrogen and oxygen atoms in total. The molecule has 1 N–H and O–H groups in total. The van der Waals surface area contributed by atoms with Gasteiger partial charge < -0.3 is 5.32 Å². The van der Waals surface area contributed by atoms with E-state index in [0.29, 0.717) is 11.1 Å². The van der Waals surface area contributed by atoms with Crippen LogP contribution in [-0.4, -0.2) is 26.7 Å². The summed E-state index contributed by atoms with van der Waals surface area (Å²) < 4.78 is 0.878. The predicted molar refractivity (Wildman–Crippen MR) is 77.3 cm³/mol. The number of hydrogen-bond acceptors (Lipinski definition) is 7. The number of nitrogens with zero attached hydrogens (tertiary/aromatic N) is 4. The smallest absolute Gasteiger partial charge is 0.194 e. The van der Waals surface area contributed by atoms with E-state index in [1.54, 1.807) is 11.3 Å². The molecule has 0 saturated heterocycles. The Balaban J connectivity index is 1.87. The van der Waals surface area contributed by atoms with Gasteiger partial charge >= 0.3 is 0 Å². The molecule has 2 aromatic heterocycles. The van der Waals surface area contributed by atoms with Crippen LogP contribution in [0.25, 0.3) is 0 Å². The van der Waals surface area contributed by atoms with Crippen molar-refractivity contribution in [3.63, 3.8) is 0 Å². The van der Waals surface area contributed by atoms with Gasteiger partial charge in [-0.25, -0.2) is 9.97 Å². The van der Waals surface area contributed by atoms with Crippen LogP contribution in [0.15, 0.2) is 21.9 Å². The second-order valence-corrected chi connectivity index (χ2v) is 6.98. The molecule has 0 fully saturated rings. The van der Waals surface area contributed by atoms with E-state index in [2.05, 4.69) is 39.3 Å². The lowest BCUT2D eigenvalue weighted by Crippen LogP contribution is -2.19. The molecule has 0 radical (unpaired) electrons. The SMILES string of the molecule is Cc1nnc(Sc2ncc(CNCC(C)C)cn2)s1. The number of hydrogen-bond donors (Lipinski definition) is 1. The van der Waals surface area contributed by atoms with Crippen LogP contribution in [0, 0.1) is 12.8 Å². The van der Waals surface area contributed by atoms with Crippen LogP contribution in [0.5, 0.6) is 0 Å². The van der Waals surface area contributed by atoms with Crippen molar-refractivity contribution in [2.45, 2.75) is 36.8 Å². The molecular weight excluding hydrogens is 278 g/mol. The number of aromatic nitrogens is 4. The Morgan fingerprint density at radius 2 is 2.00 bits per heavy atom. The van der Waals surface area contributed by atoms with Crippen LogP contribution in [0.2, 0.25) is 0 Å². The summed E-state index contributed by atoms with van der Waals surface area (Å²) in [4.78, 5) is 8.66. The minimum atomic E-state index is 0.649. The van der Waals surface area contributed by atoms with Crippen molar-refractivity contribution in [2.75, 3.05) is 6.54 Å². The van der Waals surface area contributed by atoms with Gasteiger partial charge in [-0.05, 0) is 31.1 Å². The molecule has 0 aromatic carbocycles. The van der Waals surface area contributed by atoms with Gasteiger partial charge in [-0.1, -0.05) is 25.2 Å². The van der Waals surface area contributed by atoms with E-state index in [-0.39, 0.29) is 0 Å². The topological polar surface area (TPSA) is 63.6 Å². The van der Waals surface area contributed by atoms with Gasteiger partial charge in [0.05, 0.1) is 0 Å². The van der Waals surface area contributed by atoms with Crippen LogP contribution < -0.4 is 5.32 Å². The third-order valence-electron chi connectivity index (χ3n) is 2.25. The Labute approximate surface area is 121 Å². The lowest BCUT2D eigenvalue weighted by Gasteiger charge is -2.06. The molecule has 0 saturated carbocycles. The minimum Gasteiger partial charge on any atom is -0.312 e. The second kappa shape index (κ2) is 6.93. The molecule has 19 heavy (non-hydrogen) atoms. The molecule has 102 valence electrons. The first-order chi connectivity index (χ1) is 9.13. The van der Waals surface area contributed by atoms with Crippen molar-refractivity contribution < 1.29 is 0 Å². The molecule has 0 aliphatic carbocycles. The molecule has 0 aliphatic heterocycles. The summed E-state index contributed by atoms with van der Waals surface area (Å²) in [6.45, 7) is 8.12. The molecule has 0 aliphatic rings. The van der Waals surface area contributed by atoms with E-state index < -0.39 is 0 Å². The Bertz CT molecular complexity index is 509. The van der Waals surface area contributed by atoms with Gasteiger partial charge in [-0.2, -0.15) is 0 Å². The maximum atomic E-state index is 4.33. The summed E-state index contributed by atoms with van der Waals surface area (Å²) in [6.07, 6.45) is 3.72. The quantitative estimate of drug-likeness (QED) is 0.826. The third kappa shape index (κ3) is 4.85. The predicted octanol–water partition coefficient (Wildman–Crippen LogP) is 2.53. The lowest BCUT2D eigenvalue weighted by atomic mass is 10.2. The lowest BCUT2D eigenvalue weighted by molar-refractivity contribution is 0.550. The van der Waals surface area contributed by atoms with Gasteiger partial charge in [0.2, 0.25) is 0 Å². The summed E-state index contributed by atoms with van der Waals surface area (Å²) in [5, 5.41) is 13.0. The van der Waals surface area contributed by atoms with E-state index in [9.17, 15) is 0 Å². The fourth-order valence-electron chi connectivity index (χ4n) is 1.39. The number of rotatable bonds is 6. The normalized spacial score (nSPS) is 11.2. The largest absolute Gasteiger partial charge is 0.312 e. The first-order valence-electron chi connectivity index (χ1n) is 6.13. The molecule has 0 spiro atoms. The third-order valence-corrected chi connectivity index (χ3v) is 4.03. The summed E-state index contributed by atoms with van der Waals surface area (Å²) in [5.41, 5.74) is 1.10. The zero-order valence-electron chi connectivity index (χ0n) is 11.3. The van der Waals surface area contributed by atoms with Crippen molar-refractivity contribution in [1.82, 2.24) is 25.5 Å². The van der Waals surface area contributed by atoms with Gasteiger partial charge in [-0.15, -0.1) is 10.2 Å². The van der Waals surface area contributed by atoms with Gasteiger partial charge in [0.15, 0.2) is 9.50 Å². The van der Waals surface area contributed by atoms with E-state index in [1.165, 1.54) is 11.8 Å². The summed E-state index contributed by atoms with van der Waals surface area (Å²) in [5.74, 6) is 0.649. The summed E-state index contributed by atoms with van der Waals surface area (Å²) in [7, 11) is 0. The van der Waals surface area contributed by atoms with E-state index >= 15 is 0 Å². The Morgan fingerprint density at radius 1 is 1.26 bits per heavy atom. The fraction of sp³-hybridized carbons (Fsp3) is 0.500. The number of nitrogens with one attached hydrogen (secondary N) is 1. The highest BCUT2D eigenvalue weighted by atomic mass is 32.2. The highest BCUT2D eigenvalue weighted by molar-refractivity contribution is 8.00. The molecule has 7 heteroatoms. The highest BCUT2D eigenvalue weighted by Gasteiger charge is 2.05. The van der Waals surface area contributed by atoms with Crippen LogP contribution in [0.3, 0.4) is 0 Å². The maximum absolute atomic E-state index is 4.33. The van der Waals surface area contributed by atoms with Gasteiger partial charge in [-0.3, -0.25) is 0 Å². The molecule has 0 bridgehead atoms.